The molecule has 4 fully saturated rings. The van der Waals surface area contributed by atoms with E-state index in [1.165, 1.54) is 30.4 Å². The van der Waals surface area contributed by atoms with Gasteiger partial charge in [-0.3, -0.25) is 4.79 Å². The zero-order chi connectivity index (χ0) is 22.5. The molecular formula is C28H33NO4. The second-order valence-corrected chi connectivity index (χ2v) is 10.7. The van der Waals surface area contributed by atoms with Crippen LogP contribution in [-0.2, 0) is 16.6 Å². The Labute approximate surface area is 195 Å². The van der Waals surface area contributed by atoms with Gasteiger partial charge in [0.25, 0.3) is 0 Å². The number of carbonyl (C=O) groups excluding carboxylic acids is 1. The summed E-state index contributed by atoms with van der Waals surface area (Å²) in [5, 5.41) is 3.32. The van der Waals surface area contributed by atoms with Crippen LogP contribution in [0.25, 0.3) is 0 Å². The summed E-state index contributed by atoms with van der Waals surface area (Å²) in [4.78, 5) is 13.6. The monoisotopic (exact) mass is 447 g/mol. The average Bonchev–Trinajstić information content (AvgIpc) is 2.83. The van der Waals surface area contributed by atoms with Crippen LogP contribution in [0, 0.1) is 17.3 Å². The highest BCUT2D eigenvalue weighted by Crippen LogP contribution is 2.65. The highest BCUT2D eigenvalue weighted by atomic mass is 16.6. The van der Waals surface area contributed by atoms with Crippen LogP contribution in [0.5, 0.6) is 17.2 Å². The van der Waals surface area contributed by atoms with Crippen molar-refractivity contribution in [2.45, 2.75) is 50.4 Å². The van der Waals surface area contributed by atoms with Crippen molar-refractivity contribution in [2.24, 2.45) is 17.3 Å². The molecule has 1 N–H and O–H groups in total. The normalized spacial score (nSPS) is 31.3. The molecule has 0 aromatic heterocycles. The molecule has 0 unspecified atom stereocenters. The molecule has 4 bridgehead atoms. The molecule has 5 heteroatoms. The minimum atomic E-state index is -0.211. The van der Waals surface area contributed by atoms with Crippen LogP contribution in [0.2, 0.25) is 0 Å². The fourth-order valence-corrected chi connectivity index (χ4v) is 7.56. The van der Waals surface area contributed by atoms with E-state index >= 15 is 0 Å². The number of rotatable bonds is 6. The van der Waals surface area contributed by atoms with Gasteiger partial charge >= 0.3 is 0 Å². The lowest BCUT2D eigenvalue weighted by molar-refractivity contribution is -0.149. The summed E-state index contributed by atoms with van der Waals surface area (Å²) in [6.07, 6.45) is 7.63. The van der Waals surface area contributed by atoms with Gasteiger partial charge in [0.05, 0.1) is 12.5 Å². The molecule has 1 aliphatic heterocycles. The molecule has 4 saturated carbocycles. The Morgan fingerprint density at radius 2 is 1.73 bits per heavy atom. The fraction of sp³-hybridized carbons (Fsp3) is 0.536. The van der Waals surface area contributed by atoms with E-state index in [1.54, 1.807) is 7.11 Å². The summed E-state index contributed by atoms with van der Waals surface area (Å²) in [5.74, 6) is 4.12. The Morgan fingerprint density at radius 1 is 1.00 bits per heavy atom. The van der Waals surface area contributed by atoms with Crippen molar-refractivity contribution in [3.63, 3.8) is 0 Å². The molecule has 1 amide bonds. The second kappa shape index (κ2) is 7.96. The van der Waals surface area contributed by atoms with Crippen molar-refractivity contribution in [1.82, 2.24) is 5.32 Å². The first kappa shape index (κ1) is 20.9. The molecule has 0 spiro atoms. The minimum Gasteiger partial charge on any atom is -0.497 e. The maximum atomic E-state index is 13.6. The Morgan fingerprint density at radius 3 is 2.45 bits per heavy atom. The lowest BCUT2D eigenvalue weighted by atomic mass is 9.42. The zero-order valence-corrected chi connectivity index (χ0v) is 19.4. The summed E-state index contributed by atoms with van der Waals surface area (Å²) in [6, 6.07) is 14.7. The maximum Gasteiger partial charge on any atom is 0.226 e. The lowest BCUT2D eigenvalue weighted by Gasteiger charge is -2.61. The van der Waals surface area contributed by atoms with Gasteiger partial charge < -0.3 is 19.5 Å². The Kier molecular flexibility index (Phi) is 5.04. The van der Waals surface area contributed by atoms with Gasteiger partial charge in [0.1, 0.15) is 19.0 Å². The smallest absolute Gasteiger partial charge is 0.226 e. The number of fused-ring (bicyclic) bond motifs is 1. The molecule has 5 aliphatic rings. The van der Waals surface area contributed by atoms with Crippen molar-refractivity contribution < 1.29 is 19.0 Å². The topological polar surface area (TPSA) is 56.8 Å². The summed E-state index contributed by atoms with van der Waals surface area (Å²) < 4.78 is 16.7. The quantitative estimate of drug-likeness (QED) is 0.700. The molecule has 33 heavy (non-hydrogen) atoms. The van der Waals surface area contributed by atoms with Crippen molar-refractivity contribution in [2.75, 3.05) is 26.9 Å². The maximum absolute atomic E-state index is 13.6. The highest BCUT2D eigenvalue weighted by Gasteiger charge is 2.60. The van der Waals surface area contributed by atoms with Crippen molar-refractivity contribution in [3.05, 3.63) is 53.6 Å². The number of carbonyl (C=O) groups is 1. The number of benzene rings is 2. The second-order valence-electron chi connectivity index (χ2n) is 10.7. The van der Waals surface area contributed by atoms with Crippen molar-refractivity contribution >= 4 is 5.91 Å². The van der Waals surface area contributed by atoms with E-state index in [0.717, 1.165) is 42.9 Å². The molecule has 2 aromatic carbocycles. The first-order chi connectivity index (χ1) is 16.1. The molecule has 0 radical (unpaired) electrons. The van der Waals surface area contributed by atoms with E-state index in [2.05, 4.69) is 35.6 Å². The van der Waals surface area contributed by atoms with Gasteiger partial charge in [0.15, 0.2) is 11.5 Å². The first-order valence-electron chi connectivity index (χ1n) is 12.4. The molecule has 0 saturated heterocycles. The van der Waals surface area contributed by atoms with E-state index in [4.69, 9.17) is 14.2 Å². The van der Waals surface area contributed by atoms with Crippen LogP contribution in [-0.4, -0.2) is 32.8 Å². The van der Waals surface area contributed by atoms with Crippen LogP contribution in [0.1, 0.15) is 49.7 Å². The van der Waals surface area contributed by atoms with Crippen LogP contribution >= 0.6 is 0 Å². The van der Waals surface area contributed by atoms with E-state index in [1.807, 2.05) is 12.1 Å². The molecule has 4 aliphatic carbocycles. The van der Waals surface area contributed by atoms with Crippen LogP contribution in [0.3, 0.4) is 0 Å². The lowest BCUT2D eigenvalue weighted by Crippen LogP contribution is -2.59. The number of ether oxygens (including phenoxy) is 3. The summed E-state index contributed by atoms with van der Waals surface area (Å²) in [7, 11) is 1.71. The third-order valence-corrected chi connectivity index (χ3v) is 8.55. The van der Waals surface area contributed by atoms with Gasteiger partial charge in [0.2, 0.25) is 5.91 Å². The third kappa shape index (κ3) is 3.66. The summed E-state index contributed by atoms with van der Waals surface area (Å²) in [6.45, 7) is 1.85. The molecule has 2 atom stereocenters. The molecule has 174 valence electrons. The predicted octanol–water partition coefficient (Wildman–Crippen LogP) is 4.66. The zero-order valence-electron chi connectivity index (χ0n) is 19.4. The Balaban J connectivity index is 1.16. The molecule has 5 nitrogen and oxygen atoms in total. The molecular weight excluding hydrogens is 414 g/mol. The van der Waals surface area contributed by atoms with E-state index in [-0.39, 0.29) is 16.7 Å². The van der Waals surface area contributed by atoms with Gasteiger partial charge in [-0.2, -0.15) is 0 Å². The van der Waals surface area contributed by atoms with Gasteiger partial charge in [-0.15, -0.1) is 0 Å². The van der Waals surface area contributed by atoms with E-state index in [0.29, 0.717) is 31.6 Å². The largest absolute Gasteiger partial charge is 0.497 e. The average molecular weight is 448 g/mol. The number of hydrogen-bond donors (Lipinski definition) is 1. The van der Waals surface area contributed by atoms with Gasteiger partial charge in [-0.1, -0.05) is 18.2 Å². The predicted molar refractivity (Wildman–Crippen MR) is 126 cm³/mol. The molecule has 1 heterocycles. The van der Waals surface area contributed by atoms with Gasteiger partial charge in [-0.25, -0.2) is 0 Å². The van der Waals surface area contributed by atoms with E-state index < -0.39 is 0 Å². The first-order valence-corrected chi connectivity index (χ1v) is 12.4. The standard InChI is InChI=1S/C28H33NO4/c1-31-23-5-3-22(4-6-23)27-14-20-12-21(15-27)17-28(16-20,18-27)26(30)29-9-8-19-2-7-24-25(13-19)33-11-10-32-24/h2-7,13,20-21H,8-12,14-18H2,1H3,(H,29,30)/t20-,21-,27?,28?/m1/s1. The number of hydrogen-bond acceptors (Lipinski definition) is 4. The van der Waals surface area contributed by atoms with Crippen LogP contribution in [0.4, 0.5) is 0 Å². The Hall–Kier alpha value is -2.69. The summed E-state index contributed by atoms with van der Waals surface area (Å²) >= 11 is 0. The fourth-order valence-electron chi connectivity index (χ4n) is 7.56. The SMILES string of the molecule is COc1ccc(C23C[C@H]4C[C@@H](CC(C(=O)NCCc5ccc6c(c5)OCCO6)(C4)C2)C3)cc1. The number of amides is 1. The molecule has 2 aromatic rings. The summed E-state index contributed by atoms with van der Waals surface area (Å²) in [5.41, 5.74) is 2.49. The Bertz CT molecular complexity index is 1030. The van der Waals surface area contributed by atoms with Crippen LogP contribution < -0.4 is 19.5 Å². The number of nitrogens with one attached hydrogen (secondary N) is 1. The minimum absolute atomic E-state index is 0.142. The number of methoxy groups -OCH3 is 1. The van der Waals surface area contributed by atoms with Crippen LogP contribution in [0.15, 0.2) is 42.5 Å². The highest BCUT2D eigenvalue weighted by molar-refractivity contribution is 5.83. The van der Waals surface area contributed by atoms with E-state index in [9.17, 15) is 4.79 Å². The third-order valence-electron chi connectivity index (χ3n) is 8.55. The van der Waals surface area contributed by atoms with Crippen molar-refractivity contribution in [3.8, 4) is 17.2 Å². The molecule has 7 rings (SSSR count). The van der Waals surface area contributed by atoms with Gasteiger partial charge in [0, 0.05) is 6.54 Å². The van der Waals surface area contributed by atoms with Crippen molar-refractivity contribution in [1.29, 1.82) is 0 Å². The van der Waals surface area contributed by atoms with Gasteiger partial charge in [-0.05, 0) is 97.6 Å².